The van der Waals surface area contributed by atoms with E-state index in [2.05, 4.69) is 10.1 Å². The summed E-state index contributed by atoms with van der Waals surface area (Å²) in [4.78, 5) is 5.77. The smallest absolute Gasteiger partial charge is 0.261 e. The van der Waals surface area contributed by atoms with Crippen LogP contribution < -0.4 is 5.73 Å². The lowest BCUT2D eigenvalue weighted by Crippen LogP contribution is -2.07. The zero-order valence-corrected chi connectivity index (χ0v) is 10.6. The van der Waals surface area contributed by atoms with Crippen LogP contribution in [0.3, 0.4) is 0 Å². The van der Waals surface area contributed by atoms with Gasteiger partial charge in [-0.2, -0.15) is 4.98 Å². The molecular weight excluding hydrogens is 250 g/mol. The largest absolute Gasteiger partial charge is 0.390 e. The topological polar surface area (TPSA) is 74.2 Å². The van der Waals surface area contributed by atoms with Gasteiger partial charge in [-0.1, -0.05) is 5.16 Å². The fraction of sp³-hybridized carbons (Fsp3) is 0.500. The monoisotopic (exact) mass is 263 g/mol. The van der Waals surface area contributed by atoms with Crippen LogP contribution >= 0.6 is 11.3 Å². The molecule has 4 rings (SSSR count). The number of hydrogen-bond donors (Lipinski definition) is 1. The lowest BCUT2D eigenvalue weighted by molar-refractivity contribution is 0.112. The van der Waals surface area contributed by atoms with E-state index >= 15 is 0 Å². The number of fused-ring (bicyclic) bond motifs is 1. The molecule has 2 N–H and O–H groups in total. The normalized spacial score (nSPS) is 18.9. The van der Waals surface area contributed by atoms with Crippen LogP contribution in [0.2, 0.25) is 0 Å². The lowest BCUT2D eigenvalue weighted by Gasteiger charge is -2.12. The van der Waals surface area contributed by atoms with Crippen LogP contribution in [-0.2, 0) is 17.8 Å². The van der Waals surface area contributed by atoms with Crippen molar-refractivity contribution < 1.29 is 9.26 Å². The highest BCUT2D eigenvalue weighted by Crippen LogP contribution is 2.43. The van der Waals surface area contributed by atoms with E-state index in [1.54, 1.807) is 11.3 Å². The number of rotatable bonds is 2. The Bertz CT molecular complexity index is 600. The SMILES string of the molecule is Nc1sc2c(c1-c1nc(C3CC3)no1)COCC2. The summed E-state index contributed by atoms with van der Waals surface area (Å²) in [5.41, 5.74) is 8.12. The first-order valence-electron chi connectivity index (χ1n) is 6.14. The molecule has 2 aromatic heterocycles. The molecule has 2 aromatic rings. The number of nitrogens with two attached hydrogens (primary N) is 1. The summed E-state index contributed by atoms with van der Waals surface area (Å²) in [7, 11) is 0. The van der Waals surface area contributed by atoms with Gasteiger partial charge in [-0.25, -0.2) is 0 Å². The van der Waals surface area contributed by atoms with Crippen molar-refractivity contribution in [1.82, 2.24) is 10.1 Å². The lowest BCUT2D eigenvalue weighted by atomic mass is 10.1. The molecule has 18 heavy (non-hydrogen) atoms. The summed E-state index contributed by atoms with van der Waals surface area (Å²) in [6.45, 7) is 1.36. The molecule has 0 bridgehead atoms. The first-order valence-corrected chi connectivity index (χ1v) is 6.96. The van der Waals surface area contributed by atoms with E-state index in [1.165, 1.54) is 17.7 Å². The molecule has 0 spiro atoms. The van der Waals surface area contributed by atoms with Crippen LogP contribution in [-0.4, -0.2) is 16.7 Å². The molecule has 2 aliphatic rings. The first kappa shape index (κ1) is 10.5. The Labute approximate surface area is 108 Å². The van der Waals surface area contributed by atoms with Gasteiger partial charge in [-0.15, -0.1) is 11.3 Å². The summed E-state index contributed by atoms with van der Waals surface area (Å²) < 4.78 is 10.9. The molecule has 5 nitrogen and oxygen atoms in total. The van der Waals surface area contributed by atoms with E-state index in [9.17, 15) is 0 Å². The molecule has 1 aliphatic carbocycles. The average molecular weight is 263 g/mol. The van der Waals surface area contributed by atoms with Crippen LogP contribution in [0.5, 0.6) is 0 Å². The van der Waals surface area contributed by atoms with Gasteiger partial charge >= 0.3 is 0 Å². The fourth-order valence-electron chi connectivity index (χ4n) is 2.31. The third-order valence-corrected chi connectivity index (χ3v) is 4.56. The number of hydrogen-bond acceptors (Lipinski definition) is 6. The van der Waals surface area contributed by atoms with Crippen molar-refractivity contribution in [2.45, 2.75) is 31.8 Å². The molecule has 0 saturated heterocycles. The van der Waals surface area contributed by atoms with Crippen LogP contribution in [0.25, 0.3) is 11.5 Å². The standard InChI is InChI=1S/C12H13N3O2S/c13-10-9(7-5-16-4-3-8(7)18-10)12-14-11(15-17-12)6-1-2-6/h6H,1-5,13H2. The number of nitrogen functional groups attached to an aromatic ring is 1. The zero-order chi connectivity index (χ0) is 12.1. The Kier molecular flexibility index (Phi) is 2.22. The molecule has 1 aliphatic heterocycles. The van der Waals surface area contributed by atoms with Gasteiger partial charge in [0.05, 0.1) is 23.8 Å². The zero-order valence-electron chi connectivity index (χ0n) is 9.81. The van der Waals surface area contributed by atoms with Gasteiger partial charge in [0, 0.05) is 22.8 Å². The highest BCUT2D eigenvalue weighted by molar-refractivity contribution is 7.16. The second-order valence-electron chi connectivity index (χ2n) is 4.78. The van der Waals surface area contributed by atoms with Gasteiger partial charge in [0.2, 0.25) is 0 Å². The molecule has 0 unspecified atom stereocenters. The van der Waals surface area contributed by atoms with Gasteiger partial charge < -0.3 is 15.0 Å². The summed E-state index contributed by atoms with van der Waals surface area (Å²) in [5, 5.41) is 4.81. The Balaban J connectivity index is 1.80. The molecule has 0 aromatic carbocycles. The second kappa shape index (κ2) is 3.80. The molecule has 94 valence electrons. The number of nitrogens with zero attached hydrogens (tertiary/aromatic N) is 2. The average Bonchev–Trinajstić information content (AvgIpc) is 3.01. The van der Waals surface area contributed by atoms with Gasteiger partial charge in [-0.05, 0) is 12.8 Å². The molecule has 3 heterocycles. The maximum absolute atomic E-state index is 6.09. The van der Waals surface area contributed by atoms with Crippen LogP contribution in [0.4, 0.5) is 5.00 Å². The first-order chi connectivity index (χ1) is 8.83. The third kappa shape index (κ3) is 1.56. The van der Waals surface area contributed by atoms with Crippen LogP contribution in [0.1, 0.15) is 35.0 Å². The number of thiophene rings is 1. The van der Waals surface area contributed by atoms with Crippen molar-refractivity contribution in [3.63, 3.8) is 0 Å². The summed E-state index contributed by atoms with van der Waals surface area (Å²) in [6, 6.07) is 0. The van der Waals surface area contributed by atoms with Gasteiger partial charge in [0.1, 0.15) is 0 Å². The Morgan fingerprint density at radius 1 is 1.33 bits per heavy atom. The maximum Gasteiger partial charge on any atom is 0.261 e. The van der Waals surface area contributed by atoms with E-state index in [0.717, 1.165) is 35.0 Å². The number of ether oxygens (including phenoxy) is 1. The summed E-state index contributed by atoms with van der Waals surface area (Å²) in [6.07, 6.45) is 3.26. The maximum atomic E-state index is 6.09. The number of aromatic nitrogens is 2. The van der Waals surface area contributed by atoms with Gasteiger partial charge in [0.25, 0.3) is 5.89 Å². The van der Waals surface area contributed by atoms with E-state index < -0.39 is 0 Å². The highest BCUT2D eigenvalue weighted by Gasteiger charge is 2.31. The van der Waals surface area contributed by atoms with Gasteiger partial charge in [-0.3, -0.25) is 0 Å². The molecule has 0 atom stereocenters. The third-order valence-electron chi connectivity index (χ3n) is 3.44. The van der Waals surface area contributed by atoms with Gasteiger partial charge in [0.15, 0.2) is 5.82 Å². The summed E-state index contributed by atoms with van der Waals surface area (Å²) >= 11 is 1.61. The minimum Gasteiger partial charge on any atom is -0.390 e. The quantitative estimate of drug-likeness (QED) is 0.900. The van der Waals surface area contributed by atoms with E-state index in [-0.39, 0.29) is 0 Å². The van der Waals surface area contributed by atoms with E-state index in [0.29, 0.717) is 18.4 Å². The van der Waals surface area contributed by atoms with Crippen molar-refractivity contribution in [2.24, 2.45) is 0 Å². The van der Waals surface area contributed by atoms with Crippen molar-refractivity contribution in [1.29, 1.82) is 0 Å². The van der Waals surface area contributed by atoms with Crippen molar-refractivity contribution in [2.75, 3.05) is 12.3 Å². The number of anilines is 1. The summed E-state index contributed by atoms with van der Waals surface area (Å²) in [5.74, 6) is 1.87. The molecule has 0 radical (unpaired) electrons. The van der Waals surface area contributed by atoms with E-state index in [4.69, 9.17) is 15.0 Å². The Hall–Kier alpha value is -1.40. The minimum absolute atomic E-state index is 0.495. The van der Waals surface area contributed by atoms with Crippen LogP contribution in [0, 0.1) is 0 Å². The molecule has 1 fully saturated rings. The van der Waals surface area contributed by atoms with Crippen LogP contribution in [0.15, 0.2) is 4.52 Å². The second-order valence-corrected chi connectivity index (χ2v) is 5.91. The minimum atomic E-state index is 0.495. The molecule has 6 heteroatoms. The molecule has 0 amide bonds. The molecular formula is C12H13N3O2S. The fourth-order valence-corrected chi connectivity index (χ4v) is 3.35. The highest BCUT2D eigenvalue weighted by atomic mass is 32.1. The van der Waals surface area contributed by atoms with Crippen molar-refractivity contribution >= 4 is 16.3 Å². The Morgan fingerprint density at radius 3 is 3.06 bits per heavy atom. The molecule has 1 saturated carbocycles. The predicted octanol–water partition coefficient (Wildman–Crippen LogP) is 2.33. The Morgan fingerprint density at radius 2 is 2.22 bits per heavy atom. The van der Waals surface area contributed by atoms with Crippen molar-refractivity contribution in [3.8, 4) is 11.5 Å². The van der Waals surface area contributed by atoms with E-state index in [1.807, 2.05) is 0 Å². The predicted molar refractivity (Wildman–Crippen MR) is 67.4 cm³/mol. The van der Waals surface area contributed by atoms with Crippen molar-refractivity contribution in [3.05, 3.63) is 16.3 Å².